The molecule has 0 saturated heterocycles. The molecule has 0 spiro atoms. The maximum atomic E-state index is 6.05. The van der Waals surface area contributed by atoms with Crippen LogP contribution < -0.4 is 5.73 Å². The van der Waals surface area contributed by atoms with E-state index in [9.17, 15) is 0 Å². The standard InChI is InChI=1S/C14H18BrN3/c1-3-4-14-17-7-8-18(14)13-9-11(15)5-6-12(13)10(2)16/h5-10H,3-4,16H2,1-2H3. The molecular weight excluding hydrogens is 290 g/mol. The summed E-state index contributed by atoms with van der Waals surface area (Å²) in [4.78, 5) is 4.42. The number of benzene rings is 1. The van der Waals surface area contributed by atoms with E-state index in [-0.39, 0.29) is 6.04 Å². The van der Waals surface area contributed by atoms with Gasteiger partial charge in [-0.1, -0.05) is 28.9 Å². The molecule has 0 aliphatic carbocycles. The highest BCUT2D eigenvalue weighted by Crippen LogP contribution is 2.25. The Balaban J connectivity index is 2.54. The molecule has 0 bridgehead atoms. The van der Waals surface area contributed by atoms with Gasteiger partial charge in [0.1, 0.15) is 5.82 Å². The summed E-state index contributed by atoms with van der Waals surface area (Å²) >= 11 is 3.52. The number of hydrogen-bond acceptors (Lipinski definition) is 2. The van der Waals surface area contributed by atoms with E-state index in [2.05, 4.69) is 44.5 Å². The van der Waals surface area contributed by atoms with Crippen LogP contribution >= 0.6 is 15.9 Å². The highest BCUT2D eigenvalue weighted by Gasteiger charge is 2.12. The minimum Gasteiger partial charge on any atom is -0.324 e. The molecule has 3 nitrogen and oxygen atoms in total. The molecule has 2 aromatic rings. The Morgan fingerprint density at radius 1 is 1.44 bits per heavy atom. The van der Waals surface area contributed by atoms with E-state index >= 15 is 0 Å². The summed E-state index contributed by atoms with van der Waals surface area (Å²) in [5.41, 5.74) is 8.29. The molecule has 1 heterocycles. The Kier molecular flexibility index (Phi) is 4.19. The Hall–Kier alpha value is -1.13. The van der Waals surface area contributed by atoms with Gasteiger partial charge in [0.2, 0.25) is 0 Å². The van der Waals surface area contributed by atoms with E-state index in [0.717, 1.165) is 34.4 Å². The van der Waals surface area contributed by atoms with Crippen molar-refractivity contribution in [3.63, 3.8) is 0 Å². The average molecular weight is 308 g/mol. The van der Waals surface area contributed by atoms with Crippen molar-refractivity contribution in [2.24, 2.45) is 5.73 Å². The van der Waals surface area contributed by atoms with Crippen LogP contribution in [0.15, 0.2) is 35.1 Å². The second-order valence-corrected chi connectivity index (χ2v) is 5.37. The number of nitrogens with zero attached hydrogens (tertiary/aromatic N) is 2. The Morgan fingerprint density at radius 2 is 2.22 bits per heavy atom. The third-order valence-electron chi connectivity index (χ3n) is 2.93. The van der Waals surface area contributed by atoms with Crippen molar-refractivity contribution < 1.29 is 0 Å². The Morgan fingerprint density at radius 3 is 2.89 bits per heavy atom. The summed E-state index contributed by atoms with van der Waals surface area (Å²) in [6, 6.07) is 6.20. The van der Waals surface area contributed by atoms with Gasteiger partial charge in [-0.15, -0.1) is 0 Å². The van der Waals surface area contributed by atoms with Crippen molar-refractivity contribution in [1.29, 1.82) is 0 Å². The van der Waals surface area contributed by atoms with Crippen molar-refractivity contribution in [2.75, 3.05) is 0 Å². The lowest BCUT2D eigenvalue weighted by molar-refractivity contribution is 0.773. The van der Waals surface area contributed by atoms with Crippen LogP contribution in [0.2, 0.25) is 0 Å². The lowest BCUT2D eigenvalue weighted by Gasteiger charge is -2.16. The van der Waals surface area contributed by atoms with Gasteiger partial charge in [-0.2, -0.15) is 0 Å². The highest BCUT2D eigenvalue weighted by molar-refractivity contribution is 9.10. The van der Waals surface area contributed by atoms with Crippen LogP contribution in [-0.4, -0.2) is 9.55 Å². The third-order valence-corrected chi connectivity index (χ3v) is 3.43. The Bertz CT molecular complexity index is 532. The topological polar surface area (TPSA) is 43.8 Å². The molecule has 0 radical (unpaired) electrons. The van der Waals surface area contributed by atoms with Gasteiger partial charge in [0.15, 0.2) is 0 Å². The predicted octanol–water partition coefficient (Wildman–Crippen LogP) is 3.61. The zero-order valence-electron chi connectivity index (χ0n) is 10.7. The fraction of sp³-hybridized carbons (Fsp3) is 0.357. The lowest BCUT2D eigenvalue weighted by Crippen LogP contribution is -2.11. The van der Waals surface area contributed by atoms with Gasteiger partial charge in [0.25, 0.3) is 0 Å². The maximum Gasteiger partial charge on any atom is 0.113 e. The third kappa shape index (κ3) is 2.65. The first-order valence-corrected chi connectivity index (χ1v) is 7.00. The zero-order chi connectivity index (χ0) is 13.1. The molecule has 96 valence electrons. The fourth-order valence-corrected chi connectivity index (χ4v) is 2.42. The molecule has 1 aromatic carbocycles. The summed E-state index contributed by atoms with van der Waals surface area (Å²) in [6.07, 6.45) is 5.89. The van der Waals surface area contributed by atoms with Crippen LogP contribution in [0.5, 0.6) is 0 Å². The van der Waals surface area contributed by atoms with Crippen LogP contribution in [0.25, 0.3) is 5.69 Å². The SMILES string of the molecule is CCCc1nccn1-c1cc(Br)ccc1C(C)N. The van der Waals surface area contributed by atoms with Gasteiger partial charge in [0.05, 0.1) is 5.69 Å². The van der Waals surface area contributed by atoms with Crippen LogP contribution in [0.4, 0.5) is 0 Å². The number of imidazole rings is 1. The average Bonchev–Trinajstić information content (AvgIpc) is 2.77. The number of aromatic nitrogens is 2. The summed E-state index contributed by atoms with van der Waals surface area (Å²) in [6.45, 7) is 4.16. The van der Waals surface area contributed by atoms with E-state index in [1.807, 2.05) is 25.4 Å². The smallest absolute Gasteiger partial charge is 0.113 e. The molecule has 0 aliphatic rings. The lowest BCUT2D eigenvalue weighted by atomic mass is 10.1. The van der Waals surface area contributed by atoms with E-state index < -0.39 is 0 Å². The second kappa shape index (κ2) is 5.67. The molecule has 1 unspecified atom stereocenters. The first-order valence-electron chi connectivity index (χ1n) is 6.21. The van der Waals surface area contributed by atoms with Gasteiger partial charge < -0.3 is 10.3 Å². The highest BCUT2D eigenvalue weighted by atomic mass is 79.9. The molecule has 0 amide bonds. The number of halogens is 1. The summed E-state index contributed by atoms with van der Waals surface area (Å²) in [7, 11) is 0. The molecule has 2 N–H and O–H groups in total. The van der Waals surface area contributed by atoms with E-state index in [4.69, 9.17) is 5.73 Å². The van der Waals surface area contributed by atoms with Crippen molar-refractivity contribution in [1.82, 2.24) is 9.55 Å². The molecule has 0 aliphatic heterocycles. The zero-order valence-corrected chi connectivity index (χ0v) is 12.3. The number of hydrogen-bond donors (Lipinski definition) is 1. The molecule has 0 saturated carbocycles. The van der Waals surface area contributed by atoms with Gasteiger partial charge in [-0.25, -0.2) is 4.98 Å². The minimum atomic E-state index is 0.00461. The normalized spacial score (nSPS) is 12.7. The van der Waals surface area contributed by atoms with Crippen LogP contribution in [0.1, 0.15) is 37.7 Å². The summed E-state index contributed by atoms with van der Waals surface area (Å²) < 4.78 is 3.19. The molecule has 18 heavy (non-hydrogen) atoms. The molecule has 0 fully saturated rings. The number of rotatable bonds is 4. The maximum absolute atomic E-state index is 6.05. The first kappa shape index (κ1) is 13.3. The van der Waals surface area contributed by atoms with Crippen molar-refractivity contribution in [3.05, 3.63) is 46.5 Å². The second-order valence-electron chi connectivity index (χ2n) is 4.46. The molecule has 2 rings (SSSR count). The number of nitrogens with two attached hydrogens (primary N) is 1. The first-order chi connectivity index (χ1) is 8.63. The predicted molar refractivity (Wildman–Crippen MR) is 77.9 cm³/mol. The van der Waals surface area contributed by atoms with Crippen molar-refractivity contribution >= 4 is 15.9 Å². The van der Waals surface area contributed by atoms with E-state index in [1.54, 1.807) is 0 Å². The van der Waals surface area contributed by atoms with Gasteiger partial charge >= 0.3 is 0 Å². The minimum absolute atomic E-state index is 0.00461. The summed E-state index contributed by atoms with van der Waals surface area (Å²) in [5.74, 6) is 1.08. The monoisotopic (exact) mass is 307 g/mol. The largest absolute Gasteiger partial charge is 0.324 e. The molecule has 4 heteroatoms. The molecular formula is C14H18BrN3. The molecule has 1 aromatic heterocycles. The van der Waals surface area contributed by atoms with Gasteiger partial charge in [0, 0.05) is 29.3 Å². The van der Waals surface area contributed by atoms with E-state index in [0.29, 0.717) is 0 Å². The summed E-state index contributed by atoms with van der Waals surface area (Å²) in [5, 5.41) is 0. The van der Waals surface area contributed by atoms with Crippen LogP contribution in [0, 0.1) is 0 Å². The van der Waals surface area contributed by atoms with Gasteiger partial charge in [-0.3, -0.25) is 0 Å². The number of aryl methyl sites for hydroxylation is 1. The van der Waals surface area contributed by atoms with Crippen LogP contribution in [-0.2, 0) is 6.42 Å². The fourth-order valence-electron chi connectivity index (χ4n) is 2.07. The molecule has 1 atom stereocenters. The quantitative estimate of drug-likeness (QED) is 0.937. The van der Waals surface area contributed by atoms with Crippen LogP contribution in [0.3, 0.4) is 0 Å². The van der Waals surface area contributed by atoms with Crippen molar-refractivity contribution in [3.8, 4) is 5.69 Å². The van der Waals surface area contributed by atoms with Crippen molar-refractivity contribution in [2.45, 2.75) is 32.7 Å². The van der Waals surface area contributed by atoms with Gasteiger partial charge in [-0.05, 0) is 31.0 Å². The van der Waals surface area contributed by atoms with E-state index in [1.165, 1.54) is 0 Å². The Labute approximate surface area is 116 Å².